The summed E-state index contributed by atoms with van der Waals surface area (Å²) in [4.78, 5) is 27.0. The Morgan fingerprint density at radius 1 is 1.24 bits per heavy atom. The summed E-state index contributed by atoms with van der Waals surface area (Å²) in [5.41, 5.74) is 0.690. The first-order chi connectivity index (χ1) is 14.0. The standard InChI is InChI=1S/C23H25FN2O3/c1-2-26-13-12-23(11-10-21(26)27)15-19(18-8-3-4-9-20(18)29-23)25-22(28)16-6-5-7-17(24)14-16/h3-9,14,19H,2,10-13,15H2,1H3,(H,25,28). The zero-order chi connectivity index (χ0) is 20.4. The number of fused-ring (bicyclic) bond motifs is 1. The minimum absolute atomic E-state index is 0.146. The molecule has 2 amide bonds. The van der Waals surface area contributed by atoms with Gasteiger partial charge in [-0.15, -0.1) is 0 Å². The van der Waals surface area contributed by atoms with Crippen LogP contribution < -0.4 is 10.1 Å². The molecule has 0 aromatic heterocycles. The van der Waals surface area contributed by atoms with Crippen molar-refractivity contribution in [2.75, 3.05) is 13.1 Å². The molecule has 2 aromatic carbocycles. The van der Waals surface area contributed by atoms with Gasteiger partial charge in [0.15, 0.2) is 0 Å². The van der Waals surface area contributed by atoms with E-state index >= 15 is 0 Å². The topological polar surface area (TPSA) is 58.6 Å². The quantitative estimate of drug-likeness (QED) is 0.857. The summed E-state index contributed by atoms with van der Waals surface area (Å²) >= 11 is 0. The Labute approximate surface area is 169 Å². The molecule has 2 aromatic rings. The molecule has 1 fully saturated rings. The Balaban J connectivity index is 1.61. The largest absolute Gasteiger partial charge is 0.487 e. The maximum atomic E-state index is 13.5. The molecular weight excluding hydrogens is 371 g/mol. The number of para-hydroxylation sites is 1. The highest BCUT2D eigenvalue weighted by Crippen LogP contribution is 2.44. The lowest BCUT2D eigenvalue weighted by molar-refractivity contribution is -0.130. The third-order valence-electron chi connectivity index (χ3n) is 5.96. The predicted octanol–water partition coefficient (Wildman–Crippen LogP) is 3.85. The van der Waals surface area contributed by atoms with Crippen LogP contribution in [0.15, 0.2) is 48.5 Å². The van der Waals surface area contributed by atoms with Crippen molar-refractivity contribution in [2.24, 2.45) is 0 Å². The molecule has 2 unspecified atom stereocenters. The molecule has 2 atom stereocenters. The summed E-state index contributed by atoms with van der Waals surface area (Å²) in [6.45, 7) is 3.31. The van der Waals surface area contributed by atoms with Crippen LogP contribution in [0.4, 0.5) is 4.39 Å². The van der Waals surface area contributed by atoms with E-state index in [0.29, 0.717) is 38.8 Å². The van der Waals surface area contributed by atoms with Gasteiger partial charge in [-0.3, -0.25) is 9.59 Å². The highest BCUT2D eigenvalue weighted by molar-refractivity contribution is 5.94. The van der Waals surface area contributed by atoms with Crippen molar-refractivity contribution in [3.63, 3.8) is 0 Å². The summed E-state index contributed by atoms with van der Waals surface area (Å²) in [7, 11) is 0. The Morgan fingerprint density at radius 2 is 2.07 bits per heavy atom. The van der Waals surface area contributed by atoms with E-state index in [2.05, 4.69) is 5.32 Å². The van der Waals surface area contributed by atoms with Gasteiger partial charge in [-0.25, -0.2) is 4.39 Å². The van der Waals surface area contributed by atoms with Gasteiger partial charge in [0.2, 0.25) is 5.91 Å². The predicted molar refractivity (Wildman–Crippen MR) is 107 cm³/mol. The maximum Gasteiger partial charge on any atom is 0.251 e. The fourth-order valence-electron chi connectivity index (χ4n) is 4.34. The van der Waals surface area contributed by atoms with E-state index in [-0.39, 0.29) is 23.4 Å². The smallest absolute Gasteiger partial charge is 0.251 e. The number of carbonyl (C=O) groups excluding carboxylic acids is 2. The Morgan fingerprint density at radius 3 is 2.86 bits per heavy atom. The second-order valence-electron chi connectivity index (χ2n) is 7.79. The zero-order valence-corrected chi connectivity index (χ0v) is 16.5. The fourth-order valence-corrected chi connectivity index (χ4v) is 4.34. The summed E-state index contributed by atoms with van der Waals surface area (Å²) < 4.78 is 20.0. The second kappa shape index (κ2) is 7.85. The van der Waals surface area contributed by atoms with Crippen LogP contribution in [-0.4, -0.2) is 35.4 Å². The molecule has 2 aliphatic rings. The van der Waals surface area contributed by atoms with Crippen LogP contribution in [0, 0.1) is 5.82 Å². The van der Waals surface area contributed by atoms with Crippen LogP contribution in [0.3, 0.4) is 0 Å². The summed E-state index contributed by atoms with van der Waals surface area (Å²) in [6.07, 6.45) is 2.34. The summed E-state index contributed by atoms with van der Waals surface area (Å²) in [5, 5.41) is 3.06. The van der Waals surface area contributed by atoms with Crippen molar-refractivity contribution in [3.8, 4) is 5.75 Å². The molecule has 0 radical (unpaired) electrons. The highest BCUT2D eigenvalue weighted by Gasteiger charge is 2.43. The molecule has 5 nitrogen and oxygen atoms in total. The number of hydrogen-bond acceptors (Lipinski definition) is 3. The van der Waals surface area contributed by atoms with E-state index < -0.39 is 11.4 Å². The molecular formula is C23H25FN2O3. The Hall–Kier alpha value is -2.89. The van der Waals surface area contributed by atoms with E-state index in [1.807, 2.05) is 36.1 Å². The minimum Gasteiger partial charge on any atom is -0.487 e. The van der Waals surface area contributed by atoms with E-state index in [0.717, 1.165) is 11.3 Å². The monoisotopic (exact) mass is 396 g/mol. The number of likely N-dealkylation sites (tertiary alicyclic amines) is 1. The van der Waals surface area contributed by atoms with Crippen molar-refractivity contribution in [1.82, 2.24) is 10.2 Å². The van der Waals surface area contributed by atoms with Crippen LogP contribution in [0.25, 0.3) is 0 Å². The number of amides is 2. The van der Waals surface area contributed by atoms with Crippen molar-refractivity contribution in [1.29, 1.82) is 0 Å². The number of nitrogens with zero attached hydrogens (tertiary/aromatic N) is 1. The number of hydrogen-bond donors (Lipinski definition) is 1. The number of benzene rings is 2. The number of ether oxygens (including phenoxy) is 1. The van der Waals surface area contributed by atoms with Gasteiger partial charge in [-0.1, -0.05) is 24.3 Å². The molecule has 0 bridgehead atoms. The first kappa shape index (κ1) is 19.4. The lowest BCUT2D eigenvalue weighted by atomic mass is 9.82. The zero-order valence-electron chi connectivity index (χ0n) is 16.5. The normalized spacial score (nSPS) is 23.9. The van der Waals surface area contributed by atoms with E-state index in [1.165, 1.54) is 18.2 Å². The van der Waals surface area contributed by atoms with Gasteiger partial charge in [0.25, 0.3) is 5.91 Å². The summed E-state index contributed by atoms with van der Waals surface area (Å²) in [5.74, 6) is 0.123. The molecule has 6 heteroatoms. The third-order valence-corrected chi connectivity index (χ3v) is 5.96. The second-order valence-corrected chi connectivity index (χ2v) is 7.79. The Bertz CT molecular complexity index is 932. The van der Waals surface area contributed by atoms with Crippen molar-refractivity contribution >= 4 is 11.8 Å². The lowest BCUT2D eigenvalue weighted by Gasteiger charge is -2.42. The number of halogens is 1. The van der Waals surface area contributed by atoms with E-state index in [1.54, 1.807) is 6.07 Å². The molecule has 2 aliphatic heterocycles. The fraction of sp³-hybridized carbons (Fsp3) is 0.391. The first-order valence-electron chi connectivity index (χ1n) is 10.1. The molecule has 29 heavy (non-hydrogen) atoms. The van der Waals surface area contributed by atoms with Crippen molar-refractivity contribution < 1.29 is 18.7 Å². The molecule has 0 saturated carbocycles. The SMILES string of the molecule is CCN1CCC2(CCC1=O)CC(NC(=O)c1cccc(F)c1)c1ccccc1O2. The van der Waals surface area contributed by atoms with Gasteiger partial charge in [-0.05, 0) is 37.6 Å². The van der Waals surface area contributed by atoms with Gasteiger partial charge in [0.05, 0.1) is 6.04 Å². The van der Waals surface area contributed by atoms with Gasteiger partial charge < -0.3 is 15.0 Å². The number of rotatable bonds is 3. The molecule has 2 heterocycles. The van der Waals surface area contributed by atoms with Gasteiger partial charge >= 0.3 is 0 Å². The van der Waals surface area contributed by atoms with Gasteiger partial charge in [0.1, 0.15) is 17.2 Å². The molecule has 1 N–H and O–H groups in total. The first-order valence-corrected chi connectivity index (χ1v) is 10.1. The Kier molecular flexibility index (Phi) is 5.26. The van der Waals surface area contributed by atoms with Crippen molar-refractivity contribution in [2.45, 2.75) is 44.2 Å². The molecule has 152 valence electrons. The van der Waals surface area contributed by atoms with Crippen LogP contribution in [0.1, 0.15) is 54.6 Å². The van der Waals surface area contributed by atoms with Crippen LogP contribution in [-0.2, 0) is 4.79 Å². The number of carbonyl (C=O) groups is 2. The van der Waals surface area contributed by atoms with Crippen molar-refractivity contribution in [3.05, 3.63) is 65.5 Å². The third kappa shape index (κ3) is 3.97. The van der Waals surface area contributed by atoms with Crippen LogP contribution >= 0.6 is 0 Å². The lowest BCUT2D eigenvalue weighted by Crippen LogP contribution is -2.46. The van der Waals surface area contributed by atoms with Gasteiger partial charge in [0, 0.05) is 43.5 Å². The maximum absolute atomic E-state index is 13.5. The molecule has 0 aliphatic carbocycles. The van der Waals surface area contributed by atoms with E-state index in [9.17, 15) is 14.0 Å². The molecule has 1 saturated heterocycles. The highest BCUT2D eigenvalue weighted by atomic mass is 19.1. The summed E-state index contributed by atoms with van der Waals surface area (Å²) in [6, 6.07) is 13.1. The molecule has 1 spiro atoms. The average molecular weight is 396 g/mol. The van der Waals surface area contributed by atoms with Crippen LogP contribution in [0.2, 0.25) is 0 Å². The van der Waals surface area contributed by atoms with E-state index in [4.69, 9.17) is 4.74 Å². The van der Waals surface area contributed by atoms with Crippen LogP contribution in [0.5, 0.6) is 5.75 Å². The minimum atomic E-state index is -0.506. The molecule has 4 rings (SSSR count). The van der Waals surface area contributed by atoms with Gasteiger partial charge in [-0.2, -0.15) is 0 Å². The average Bonchev–Trinajstić information content (AvgIpc) is 2.87. The number of nitrogens with one attached hydrogen (secondary N) is 1.